The molecule has 0 amide bonds. The molecule has 76 valence electrons. The van der Waals surface area contributed by atoms with Gasteiger partial charge in [-0.25, -0.2) is 9.78 Å². The van der Waals surface area contributed by atoms with Gasteiger partial charge < -0.3 is 10.1 Å². The number of nitrogens with one attached hydrogen (secondary N) is 1. The first kappa shape index (κ1) is 9.39. The highest BCUT2D eigenvalue weighted by atomic mass is 16.4. The number of nitrogens with zero attached hydrogens (tertiary/aromatic N) is 2. The van der Waals surface area contributed by atoms with E-state index in [0.29, 0.717) is 12.1 Å². The fraction of sp³-hybridized carbons (Fsp3) is 0.100. The lowest BCUT2D eigenvalue weighted by Gasteiger charge is -1.98. The van der Waals surface area contributed by atoms with Crippen LogP contribution in [0.3, 0.4) is 0 Å². The Labute approximate surface area is 85.8 Å². The van der Waals surface area contributed by atoms with Gasteiger partial charge in [-0.15, -0.1) is 0 Å². The molecular weight excluding hydrogens is 194 g/mol. The molecule has 0 bridgehead atoms. The van der Waals surface area contributed by atoms with Crippen molar-refractivity contribution in [3.63, 3.8) is 0 Å². The Morgan fingerprint density at radius 1 is 1.40 bits per heavy atom. The number of imidazole rings is 1. The van der Waals surface area contributed by atoms with Crippen molar-refractivity contribution in [3.8, 4) is 0 Å². The second-order valence-corrected chi connectivity index (χ2v) is 3.03. The third kappa shape index (κ3) is 2.01. The highest BCUT2D eigenvalue weighted by Crippen LogP contribution is 2.08. The van der Waals surface area contributed by atoms with E-state index in [-0.39, 0.29) is 5.69 Å². The predicted molar refractivity (Wildman–Crippen MR) is 52.6 cm³/mol. The molecule has 2 heterocycles. The lowest BCUT2D eigenvalue weighted by molar-refractivity contribution is 0.0690. The van der Waals surface area contributed by atoms with Crippen LogP contribution in [0.5, 0.6) is 0 Å². The molecule has 2 rings (SSSR count). The summed E-state index contributed by atoms with van der Waals surface area (Å²) in [5.74, 6) is -1.03. The summed E-state index contributed by atoms with van der Waals surface area (Å²) in [7, 11) is 0. The fourth-order valence-electron chi connectivity index (χ4n) is 1.32. The minimum atomic E-state index is -1.03. The van der Waals surface area contributed by atoms with E-state index in [1.54, 1.807) is 6.20 Å². The molecule has 15 heavy (non-hydrogen) atoms. The zero-order valence-electron chi connectivity index (χ0n) is 7.84. The molecule has 0 unspecified atom stereocenters. The first-order chi connectivity index (χ1) is 7.27. The average Bonchev–Trinajstić information content (AvgIpc) is 2.67. The number of aromatic nitrogens is 3. The summed E-state index contributed by atoms with van der Waals surface area (Å²) in [5, 5.41) is 8.83. The normalized spacial score (nSPS) is 10.1. The molecule has 2 N–H and O–H groups in total. The molecule has 0 aliphatic heterocycles. The number of H-pyrrole nitrogens is 1. The van der Waals surface area contributed by atoms with Crippen LogP contribution in [-0.4, -0.2) is 26.0 Å². The second kappa shape index (κ2) is 3.91. The Hall–Kier alpha value is -2.17. The molecule has 5 heteroatoms. The van der Waals surface area contributed by atoms with Gasteiger partial charge in [-0.1, -0.05) is 6.07 Å². The Balaban J connectivity index is 2.25. The van der Waals surface area contributed by atoms with Gasteiger partial charge in [0.1, 0.15) is 0 Å². The minimum absolute atomic E-state index is 0.0562. The quantitative estimate of drug-likeness (QED) is 0.782. The summed E-state index contributed by atoms with van der Waals surface area (Å²) in [4.78, 5) is 21.4. The van der Waals surface area contributed by atoms with Gasteiger partial charge in [0.2, 0.25) is 0 Å². The van der Waals surface area contributed by atoms with E-state index < -0.39 is 5.97 Å². The molecule has 0 aliphatic carbocycles. The molecule has 0 atom stereocenters. The molecule has 0 saturated carbocycles. The fourth-order valence-corrected chi connectivity index (χ4v) is 1.32. The highest BCUT2D eigenvalue weighted by Gasteiger charge is 2.13. The van der Waals surface area contributed by atoms with Crippen molar-refractivity contribution in [2.24, 2.45) is 0 Å². The summed E-state index contributed by atoms with van der Waals surface area (Å²) in [6.45, 7) is 0. The molecular formula is C10H9N3O2. The third-order valence-corrected chi connectivity index (χ3v) is 2.00. The van der Waals surface area contributed by atoms with Crippen molar-refractivity contribution in [2.75, 3.05) is 0 Å². The summed E-state index contributed by atoms with van der Waals surface area (Å²) in [6.07, 6.45) is 3.50. The van der Waals surface area contributed by atoms with Crippen molar-refractivity contribution in [1.29, 1.82) is 0 Å². The number of pyridine rings is 1. The largest absolute Gasteiger partial charge is 0.476 e. The van der Waals surface area contributed by atoms with Crippen molar-refractivity contribution in [2.45, 2.75) is 6.42 Å². The van der Waals surface area contributed by atoms with Gasteiger partial charge in [-0.3, -0.25) is 4.98 Å². The number of carbonyl (C=O) groups is 1. The summed E-state index contributed by atoms with van der Waals surface area (Å²) < 4.78 is 0. The van der Waals surface area contributed by atoms with Crippen LogP contribution in [0.2, 0.25) is 0 Å². The first-order valence-corrected chi connectivity index (χ1v) is 4.43. The van der Waals surface area contributed by atoms with Crippen molar-refractivity contribution < 1.29 is 9.90 Å². The SMILES string of the molecule is O=C(O)c1nc[nH]c1Cc1ccccn1. The molecule has 0 fully saturated rings. The predicted octanol–water partition coefficient (Wildman–Crippen LogP) is 1.09. The maximum absolute atomic E-state index is 10.8. The van der Waals surface area contributed by atoms with Gasteiger partial charge in [0.25, 0.3) is 0 Å². The number of aromatic carboxylic acids is 1. The smallest absolute Gasteiger partial charge is 0.356 e. The number of rotatable bonds is 3. The van der Waals surface area contributed by atoms with Crippen LogP contribution >= 0.6 is 0 Å². The molecule has 0 spiro atoms. The Bertz CT molecular complexity index is 465. The van der Waals surface area contributed by atoms with Gasteiger partial charge in [0.05, 0.1) is 12.0 Å². The van der Waals surface area contributed by atoms with Crippen molar-refractivity contribution in [3.05, 3.63) is 47.8 Å². The maximum Gasteiger partial charge on any atom is 0.356 e. The average molecular weight is 203 g/mol. The number of aromatic amines is 1. The lowest BCUT2D eigenvalue weighted by Crippen LogP contribution is -2.03. The number of hydrogen-bond donors (Lipinski definition) is 2. The second-order valence-electron chi connectivity index (χ2n) is 3.03. The van der Waals surface area contributed by atoms with E-state index in [4.69, 9.17) is 5.11 Å². The molecule has 0 radical (unpaired) electrons. The Kier molecular flexibility index (Phi) is 2.45. The van der Waals surface area contributed by atoms with Crippen LogP contribution in [0.25, 0.3) is 0 Å². The molecule has 5 nitrogen and oxygen atoms in total. The molecule has 2 aromatic heterocycles. The van der Waals surface area contributed by atoms with Crippen LogP contribution in [-0.2, 0) is 6.42 Å². The standard InChI is InChI=1S/C10H9N3O2/c14-10(15)9-8(12-6-13-9)5-7-3-1-2-4-11-7/h1-4,6H,5H2,(H,12,13)(H,14,15). The summed E-state index contributed by atoms with van der Waals surface area (Å²) in [5.41, 5.74) is 1.44. The van der Waals surface area contributed by atoms with Crippen LogP contribution in [0.1, 0.15) is 21.9 Å². The molecule has 0 saturated heterocycles. The van der Waals surface area contributed by atoms with Crippen LogP contribution in [0.15, 0.2) is 30.7 Å². The lowest BCUT2D eigenvalue weighted by atomic mass is 10.2. The van der Waals surface area contributed by atoms with Crippen LogP contribution < -0.4 is 0 Å². The summed E-state index contributed by atoms with van der Waals surface area (Å²) in [6, 6.07) is 5.51. The minimum Gasteiger partial charge on any atom is -0.476 e. The first-order valence-electron chi connectivity index (χ1n) is 4.43. The number of carboxylic acid groups (broad SMARTS) is 1. The van der Waals surface area contributed by atoms with E-state index >= 15 is 0 Å². The molecule has 0 aliphatic rings. The molecule has 2 aromatic rings. The van der Waals surface area contributed by atoms with E-state index in [1.807, 2.05) is 18.2 Å². The van der Waals surface area contributed by atoms with Gasteiger partial charge in [0.15, 0.2) is 5.69 Å². The van der Waals surface area contributed by atoms with E-state index in [9.17, 15) is 4.79 Å². The van der Waals surface area contributed by atoms with Gasteiger partial charge in [-0.2, -0.15) is 0 Å². The third-order valence-electron chi connectivity index (χ3n) is 2.00. The zero-order chi connectivity index (χ0) is 10.7. The van der Waals surface area contributed by atoms with Crippen molar-refractivity contribution >= 4 is 5.97 Å². The Morgan fingerprint density at radius 2 is 2.27 bits per heavy atom. The van der Waals surface area contributed by atoms with Gasteiger partial charge in [0, 0.05) is 18.3 Å². The van der Waals surface area contributed by atoms with Crippen LogP contribution in [0, 0.1) is 0 Å². The summed E-state index contributed by atoms with van der Waals surface area (Å²) >= 11 is 0. The highest BCUT2D eigenvalue weighted by molar-refractivity contribution is 5.86. The number of hydrogen-bond acceptors (Lipinski definition) is 3. The molecule has 0 aromatic carbocycles. The maximum atomic E-state index is 10.8. The zero-order valence-corrected chi connectivity index (χ0v) is 7.84. The van der Waals surface area contributed by atoms with Gasteiger partial charge in [-0.05, 0) is 12.1 Å². The van der Waals surface area contributed by atoms with Crippen LogP contribution in [0.4, 0.5) is 0 Å². The van der Waals surface area contributed by atoms with E-state index in [1.165, 1.54) is 6.33 Å². The van der Waals surface area contributed by atoms with E-state index in [0.717, 1.165) is 5.69 Å². The number of carboxylic acids is 1. The van der Waals surface area contributed by atoms with Gasteiger partial charge >= 0.3 is 5.97 Å². The topological polar surface area (TPSA) is 78.9 Å². The van der Waals surface area contributed by atoms with E-state index in [2.05, 4.69) is 15.0 Å². The monoisotopic (exact) mass is 203 g/mol. The Morgan fingerprint density at radius 3 is 2.93 bits per heavy atom. The van der Waals surface area contributed by atoms with Crippen molar-refractivity contribution in [1.82, 2.24) is 15.0 Å².